The maximum absolute atomic E-state index is 12.8. The van der Waals surface area contributed by atoms with Crippen LogP contribution in [-0.4, -0.2) is 37.2 Å². The first kappa shape index (κ1) is 63.1. The number of rotatable bonds is 48. The highest BCUT2D eigenvalue weighted by Crippen LogP contribution is 2.13. The topological polar surface area (TPSA) is 78.9 Å². The second-order valence-electron chi connectivity index (χ2n) is 17.7. The molecule has 0 radical (unpaired) electrons. The number of hydrogen-bond donors (Lipinski definition) is 0. The van der Waals surface area contributed by atoms with Crippen molar-refractivity contribution in [3.63, 3.8) is 0 Å². The number of unbranched alkanes of at least 4 members (excludes halogenated alkanes) is 19. The SMILES string of the molecule is CC/C=C\C/C=C\C/C=C\C/C=C\C/C=C\CCCCCC(=O)OC[C@@H](COC(=O)CCCCCCC/C=C\CCCCCCCC)OC(=O)CCCC/C=C\C/C=C\C/C=C\CCCCC. The lowest BCUT2D eigenvalue weighted by atomic mass is 10.1. The van der Waals surface area contributed by atoms with E-state index in [1.165, 1.54) is 77.0 Å². The Labute approximate surface area is 412 Å². The van der Waals surface area contributed by atoms with E-state index in [1.807, 2.05) is 0 Å². The molecule has 0 N–H and O–H groups in total. The van der Waals surface area contributed by atoms with Crippen LogP contribution in [0.15, 0.2) is 109 Å². The van der Waals surface area contributed by atoms with Crippen molar-refractivity contribution in [2.24, 2.45) is 0 Å². The van der Waals surface area contributed by atoms with Crippen LogP contribution in [0.1, 0.15) is 239 Å². The van der Waals surface area contributed by atoms with Gasteiger partial charge in [0.15, 0.2) is 6.10 Å². The van der Waals surface area contributed by atoms with Crippen molar-refractivity contribution in [2.45, 2.75) is 245 Å². The first-order valence-corrected chi connectivity index (χ1v) is 27.4. The van der Waals surface area contributed by atoms with Crippen molar-refractivity contribution in [3.05, 3.63) is 109 Å². The Morgan fingerprint density at radius 2 is 0.582 bits per heavy atom. The fraction of sp³-hybridized carbons (Fsp3) is 0.656. The van der Waals surface area contributed by atoms with E-state index in [0.717, 1.165) is 116 Å². The van der Waals surface area contributed by atoms with E-state index < -0.39 is 6.10 Å². The molecule has 0 unspecified atom stereocenters. The average molecular weight is 929 g/mol. The Morgan fingerprint density at radius 3 is 1.00 bits per heavy atom. The molecule has 6 nitrogen and oxygen atoms in total. The molecule has 0 aliphatic heterocycles. The van der Waals surface area contributed by atoms with Crippen molar-refractivity contribution >= 4 is 17.9 Å². The number of ether oxygens (including phenoxy) is 3. The Morgan fingerprint density at radius 1 is 0.313 bits per heavy atom. The summed E-state index contributed by atoms with van der Waals surface area (Å²) < 4.78 is 16.8. The number of carbonyl (C=O) groups is 3. The fourth-order valence-corrected chi connectivity index (χ4v) is 7.12. The lowest BCUT2D eigenvalue weighted by molar-refractivity contribution is -0.167. The van der Waals surface area contributed by atoms with Gasteiger partial charge in [-0.05, 0) is 128 Å². The first-order chi connectivity index (χ1) is 33.0. The molecule has 0 aliphatic carbocycles. The summed E-state index contributed by atoms with van der Waals surface area (Å²) in [6.45, 7) is 6.42. The molecule has 0 aromatic rings. The molecule has 6 heteroatoms. The van der Waals surface area contributed by atoms with E-state index in [2.05, 4.69) is 130 Å². The van der Waals surface area contributed by atoms with Crippen molar-refractivity contribution in [3.8, 4) is 0 Å². The van der Waals surface area contributed by atoms with Crippen LogP contribution in [0.3, 0.4) is 0 Å². The summed E-state index contributed by atoms with van der Waals surface area (Å²) in [5, 5.41) is 0. The molecule has 0 amide bonds. The van der Waals surface area contributed by atoms with Gasteiger partial charge in [0.1, 0.15) is 13.2 Å². The molecule has 0 rings (SSSR count). The predicted octanol–water partition coefficient (Wildman–Crippen LogP) is 18.3. The zero-order valence-corrected chi connectivity index (χ0v) is 43.4. The molecule has 0 bridgehead atoms. The molecule has 0 spiro atoms. The van der Waals surface area contributed by atoms with Crippen molar-refractivity contribution in [2.75, 3.05) is 13.2 Å². The quantitative estimate of drug-likeness (QED) is 0.0262. The minimum absolute atomic E-state index is 0.110. The molecule has 0 heterocycles. The minimum Gasteiger partial charge on any atom is -0.462 e. The summed E-state index contributed by atoms with van der Waals surface area (Å²) in [5.41, 5.74) is 0. The second kappa shape index (κ2) is 54.7. The smallest absolute Gasteiger partial charge is 0.306 e. The summed E-state index contributed by atoms with van der Waals surface area (Å²) in [7, 11) is 0. The molecule has 0 saturated heterocycles. The molecule has 0 saturated carbocycles. The van der Waals surface area contributed by atoms with E-state index in [9.17, 15) is 14.4 Å². The molecule has 0 aromatic carbocycles. The van der Waals surface area contributed by atoms with E-state index in [-0.39, 0.29) is 37.5 Å². The van der Waals surface area contributed by atoms with Crippen LogP contribution in [0.5, 0.6) is 0 Å². The molecule has 0 aliphatic rings. The number of esters is 3. The van der Waals surface area contributed by atoms with Gasteiger partial charge in [0, 0.05) is 19.3 Å². The van der Waals surface area contributed by atoms with E-state index in [1.54, 1.807) is 0 Å². The molecule has 0 fully saturated rings. The standard InChI is InChI=1S/C61H100O6/c1-4-7-10-13-16-19-22-25-28-29-30-31-34-36-39-42-45-48-51-54-60(63)66-57-58(67-61(64)55-52-49-46-43-40-37-33-27-24-21-18-15-12-9-6-3)56-65-59(62)53-50-47-44-41-38-35-32-26-23-20-17-14-11-8-5-2/h7,10,16,18-19,21,25-28,30-33,36,39-40,43,58H,4-6,8-9,11-15,17,20,22-24,29,34-35,37-38,41-42,44-57H2,1-3H3/b10-7-,19-16-,21-18-,28-25-,31-30-,32-26-,33-27-,39-36-,43-40-/t58-/m1/s1. The second-order valence-corrected chi connectivity index (χ2v) is 17.7. The third kappa shape index (κ3) is 52.9. The summed E-state index contributed by atoms with van der Waals surface area (Å²) >= 11 is 0. The first-order valence-electron chi connectivity index (χ1n) is 27.4. The van der Waals surface area contributed by atoms with Crippen molar-refractivity contribution in [1.29, 1.82) is 0 Å². The molecule has 67 heavy (non-hydrogen) atoms. The van der Waals surface area contributed by atoms with Crippen molar-refractivity contribution < 1.29 is 28.6 Å². The zero-order chi connectivity index (χ0) is 48.6. The van der Waals surface area contributed by atoms with Gasteiger partial charge in [-0.15, -0.1) is 0 Å². The van der Waals surface area contributed by atoms with Gasteiger partial charge in [0.05, 0.1) is 0 Å². The average Bonchev–Trinajstić information content (AvgIpc) is 3.33. The van der Waals surface area contributed by atoms with Crippen LogP contribution in [0.2, 0.25) is 0 Å². The predicted molar refractivity (Wildman–Crippen MR) is 288 cm³/mol. The highest BCUT2D eigenvalue weighted by molar-refractivity contribution is 5.71. The Hall–Kier alpha value is -3.93. The third-order valence-corrected chi connectivity index (χ3v) is 11.2. The summed E-state index contributed by atoms with van der Waals surface area (Å²) in [5.74, 6) is -0.992. The fourth-order valence-electron chi connectivity index (χ4n) is 7.12. The van der Waals surface area contributed by atoms with Crippen molar-refractivity contribution in [1.82, 2.24) is 0 Å². The highest BCUT2D eigenvalue weighted by Gasteiger charge is 2.19. The van der Waals surface area contributed by atoms with Crippen LogP contribution in [0.4, 0.5) is 0 Å². The van der Waals surface area contributed by atoms with E-state index in [0.29, 0.717) is 19.3 Å². The van der Waals surface area contributed by atoms with Crippen LogP contribution in [0, 0.1) is 0 Å². The van der Waals surface area contributed by atoms with E-state index >= 15 is 0 Å². The minimum atomic E-state index is -0.817. The Balaban J connectivity index is 4.53. The van der Waals surface area contributed by atoms with Gasteiger partial charge in [0.2, 0.25) is 0 Å². The molecular formula is C61H100O6. The van der Waals surface area contributed by atoms with Gasteiger partial charge in [-0.2, -0.15) is 0 Å². The third-order valence-electron chi connectivity index (χ3n) is 11.2. The van der Waals surface area contributed by atoms with Crippen LogP contribution in [0.25, 0.3) is 0 Å². The largest absolute Gasteiger partial charge is 0.462 e. The van der Waals surface area contributed by atoms with Crippen LogP contribution in [-0.2, 0) is 28.6 Å². The maximum Gasteiger partial charge on any atom is 0.306 e. The molecular weight excluding hydrogens is 829 g/mol. The highest BCUT2D eigenvalue weighted by atomic mass is 16.6. The van der Waals surface area contributed by atoms with E-state index in [4.69, 9.17) is 14.2 Å². The Kier molecular flexibility index (Phi) is 51.5. The number of hydrogen-bond acceptors (Lipinski definition) is 6. The van der Waals surface area contributed by atoms with Gasteiger partial charge >= 0.3 is 17.9 Å². The lowest BCUT2D eigenvalue weighted by Gasteiger charge is -2.18. The van der Waals surface area contributed by atoms with Gasteiger partial charge in [-0.3, -0.25) is 14.4 Å². The van der Waals surface area contributed by atoms with Crippen LogP contribution < -0.4 is 0 Å². The number of carbonyl (C=O) groups excluding carboxylic acids is 3. The summed E-state index contributed by atoms with van der Waals surface area (Å²) in [6, 6.07) is 0. The van der Waals surface area contributed by atoms with Gasteiger partial charge in [-0.25, -0.2) is 0 Å². The maximum atomic E-state index is 12.8. The zero-order valence-electron chi connectivity index (χ0n) is 43.4. The normalized spacial score (nSPS) is 12.9. The monoisotopic (exact) mass is 929 g/mol. The lowest BCUT2D eigenvalue weighted by Crippen LogP contribution is -2.30. The number of allylic oxidation sites excluding steroid dienone is 18. The molecule has 380 valence electrons. The van der Waals surface area contributed by atoms with Gasteiger partial charge < -0.3 is 14.2 Å². The van der Waals surface area contributed by atoms with Gasteiger partial charge in [0.25, 0.3) is 0 Å². The Bertz CT molecular complexity index is 1390. The van der Waals surface area contributed by atoms with Crippen LogP contribution >= 0.6 is 0 Å². The summed E-state index contributed by atoms with van der Waals surface area (Å²) in [4.78, 5) is 38.1. The summed E-state index contributed by atoms with van der Waals surface area (Å²) in [6.07, 6.45) is 73.6. The van der Waals surface area contributed by atoms with Gasteiger partial charge in [-0.1, -0.05) is 201 Å². The molecule has 0 aromatic heterocycles. The molecule has 1 atom stereocenters.